The number of carbonyl (C=O) groups is 1. The molecule has 0 aliphatic rings. The quantitative estimate of drug-likeness (QED) is 0.568. The molecule has 0 radical (unpaired) electrons. The minimum Gasteiger partial charge on any atom is -0.508 e. The molecule has 100 valence electrons. The van der Waals surface area contributed by atoms with Crippen LogP contribution in [-0.4, -0.2) is 18.2 Å². The molecule has 0 fully saturated rings. The number of carbonyl (C=O) groups excluding carboxylic acids is 1. The van der Waals surface area contributed by atoms with Crippen LogP contribution < -0.4 is 0 Å². The number of rotatable bonds is 8. The van der Waals surface area contributed by atoms with Crippen LogP contribution >= 0.6 is 0 Å². The second-order valence-corrected chi connectivity index (χ2v) is 4.51. The Morgan fingerprint density at radius 1 is 1.06 bits per heavy atom. The second kappa shape index (κ2) is 8.56. The summed E-state index contributed by atoms with van der Waals surface area (Å²) in [4.78, 5) is 10.9. The van der Waals surface area contributed by atoms with Gasteiger partial charge in [-0.3, -0.25) is 4.79 Å². The Morgan fingerprint density at radius 2 is 1.67 bits per heavy atom. The maximum absolute atomic E-state index is 10.9. The molecule has 1 rings (SSSR count). The SMILES string of the molecule is COC(=O)CCCCCCCc1ccc(O)cc1. The van der Waals surface area contributed by atoms with Crippen molar-refractivity contribution in [1.82, 2.24) is 0 Å². The molecule has 0 amide bonds. The van der Waals surface area contributed by atoms with Crippen molar-refractivity contribution >= 4 is 5.97 Å². The Balaban J connectivity index is 1.99. The number of hydrogen-bond acceptors (Lipinski definition) is 3. The summed E-state index contributed by atoms with van der Waals surface area (Å²) in [6, 6.07) is 7.39. The van der Waals surface area contributed by atoms with Gasteiger partial charge >= 0.3 is 5.97 Å². The highest BCUT2D eigenvalue weighted by Crippen LogP contribution is 2.13. The van der Waals surface area contributed by atoms with Gasteiger partial charge in [0.1, 0.15) is 5.75 Å². The molecule has 1 aromatic carbocycles. The summed E-state index contributed by atoms with van der Waals surface area (Å²) in [6.45, 7) is 0. The summed E-state index contributed by atoms with van der Waals surface area (Å²) in [5, 5.41) is 9.15. The molecule has 0 aliphatic heterocycles. The monoisotopic (exact) mass is 250 g/mol. The van der Waals surface area contributed by atoms with Crippen molar-refractivity contribution in [2.24, 2.45) is 0 Å². The number of methoxy groups -OCH3 is 1. The first-order valence-electron chi connectivity index (χ1n) is 6.57. The molecule has 0 aliphatic carbocycles. The van der Waals surface area contributed by atoms with Gasteiger partial charge in [-0.25, -0.2) is 0 Å². The second-order valence-electron chi connectivity index (χ2n) is 4.51. The lowest BCUT2D eigenvalue weighted by molar-refractivity contribution is -0.140. The van der Waals surface area contributed by atoms with Crippen molar-refractivity contribution in [2.75, 3.05) is 7.11 Å². The molecule has 3 heteroatoms. The van der Waals surface area contributed by atoms with Gasteiger partial charge in [0.25, 0.3) is 0 Å². The van der Waals surface area contributed by atoms with E-state index in [4.69, 9.17) is 5.11 Å². The van der Waals surface area contributed by atoms with E-state index in [0.717, 1.165) is 32.1 Å². The Bertz CT molecular complexity index is 343. The normalized spacial score (nSPS) is 10.3. The number of benzene rings is 1. The van der Waals surface area contributed by atoms with E-state index in [2.05, 4.69) is 4.74 Å². The predicted octanol–water partition coefficient (Wildman–Crippen LogP) is 3.45. The lowest BCUT2D eigenvalue weighted by Gasteiger charge is -2.02. The van der Waals surface area contributed by atoms with Gasteiger partial charge in [-0.2, -0.15) is 0 Å². The molecule has 0 unspecified atom stereocenters. The van der Waals surface area contributed by atoms with Crippen LogP contribution in [-0.2, 0) is 16.0 Å². The average Bonchev–Trinajstić information content (AvgIpc) is 2.39. The number of unbranched alkanes of at least 4 members (excludes halogenated alkanes) is 4. The zero-order valence-electron chi connectivity index (χ0n) is 11.0. The topological polar surface area (TPSA) is 46.5 Å². The molecule has 1 N–H and O–H groups in total. The van der Waals surface area contributed by atoms with Gasteiger partial charge in [0.2, 0.25) is 0 Å². The molecule has 0 spiro atoms. The van der Waals surface area contributed by atoms with E-state index < -0.39 is 0 Å². The standard InChI is InChI=1S/C15H22O3/c1-18-15(17)8-6-4-2-3-5-7-13-9-11-14(16)12-10-13/h9-12,16H,2-8H2,1H3. The summed E-state index contributed by atoms with van der Waals surface area (Å²) in [5.74, 6) is 0.209. The van der Waals surface area contributed by atoms with Gasteiger partial charge in [-0.1, -0.05) is 31.4 Å². The Morgan fingerprint density at radius 3 is 2.33 bits per heavy atom. The molecule has 0 saturated heterocycles. The molecule has 0 saturated carbocycles. The molecule has 0 atom stereocenters. The minimum absolute atomic E-state index is 0.112. The van der Waals surface area contributed by atoms with Crippen molar-refractivity contribution in [1.29, 1.82) is 0 Å². The van der Waals surface area contributed by atoms with Gasteiger partial charge in [-0.05, 0) is 37.0 Å². The fourth-order valence-electron chi connectivity index (χ4n) is 1.89. The zero-order chi connectivity index (χ0) is 13.2. The van der Waals surface area contributed by atoms with Crippen LogP contribution in [0.5, 0.6) is 5.75 Å². The van der Waals surface area contributed by atoms with Crippen LogP contribution in [0.4, 0.5) is 0 Å². The zero-order valence-corrected chi connectivity index (χ0v) is 11.0. The van der Waals surface area contributed by atoms with Crippen LogP contribution in [0.2, 0.25) is 0 Å². The van der Waals surface area contributed by atoms with Gasteiger partial charge in [0.15, 0.2) is 0 Å². The number of esters is 1. The lowest BCUT2D eigenvalue weighted by Crippen LogP contribution is -1.99. The molecule has 0 aromatic heterocycles. The average molecular weight is 250 g/mol. The maximum atomic E-state index is 10.9. The number of aryl methyl sites for hydroxylation is 1. The van der Waals surface area contributed by atoms with Crippen LogP contribution in [0.3, 0.4) is 0 Å². The molecule has 3 nitrogen and oxygen atoms in total. The van der Waals surface area contributed by atoms with E-state index >= 15 is 0 Å². The molecule has 0 heterocycles. The van der Waals surface area contributed by atoms with Gasteiger partial charge in [-0.15, -0.1) is 0 Å². The fourth-order valence-corrected chi connectivity index (χ4v) is 1.89. The lowest BCUT2D eigenvalue weighted by atomic mass is 10.0. The Labute approximate surface area is 109 Å². The van der Waals surface area contributed by atoms with Crippen LogP contribution in [0.25, 0.3) is 0 Å². The largest absolute Gasteiger partial charge is 0.508 e. The van der Waals surface area contributed by atoms with Crippen molar-refractivity contribution in [3.05, 3.63) is 29.8 Å². The molecule has 1 aromatic rings. The first-order chi connectivity index (χ1) is 8.72. The highest BCUT2D eigenvalue weighted by atomic mass is 16.5. The minimum atomic E-state index is -0.112. The summed E-state index contributed by atoms with van der Waals surface area (Å²) in [6.07, 6.45) is 7.10. The number of hydrogen-bond donors (Lipinski definition) is 1. The first kappa shape index (κ1) is 14.6. The molecule has 18 heavy (non-hydrogen) atoms. The smallest absolute Gasteiger partial charge is 0.305 e. The van der Waals surface area contributed by atoms with Crippen molar-refractivity contribution in [3.8, 4) is 5.75 Å². The molecular weight excluding hydrogens is 228 g/mol. The third-order valence-electron chi connectivity index (χ3n) is 3.01. The van der Waals surface area contributed by atoms with E-state index in [0.29, 0.717) is 12.2 Å². The maximum Gasteiger partial charge on any atom is 0.305 e. The number of phenols is 1. The van der Waals surface area contributed by atoms with E-state index in [9.17, 15) is 4.79 Å². The van der Waals surface area contributed by atoms with Crippen LogP contribution in [0.1, 0.15) is 44.1 Å². The van der Waals surface area contributed by atoms with Crippen LogP contribution in [0, 0.1) is 0 Å². The summed E-state index contributed by atoms with van der Waals surface area (Å²) >= 11 is 0. The number of ether oxygens (including phenoxy) is 1. The van der Waals surface area contributed by atoms with E-state index in [1.54, 1.807) is 12.1 Å². The van der Waals surface area contributed by atoms with E-state index in [1.165, 1.54) is 19.1 Å². The summed E-state index contributed by atoms with van der Waals surface area (Å²) in [5.41, 5.74) is 1.27. The number of phenolic OH excluding ortho intramolecular Hbond substituents is 1. The van der Waals surface area contributed by atoms with E-state index in [-0.39, 0.29) is 5.97 Å². The Hall–Kier alpha value is -1.51. The third kappa shape index (κ3) is 6.28. The third-order valence-corrected chi connectivity index (χ3v) is 3.01. The first-order valence-corrected chi connectivity index (χ1v) is 6.57. The van der Waals surface area contributed by atoms with Gasteiger partial charge in [0, 0.05) is 6.42 Å². The molecule has 0 bridgehead atoms. The van der Waals surface area contributed by atoms with Crippen molar-refractivity contribution in [2.45, 2.75) is 44.9 Å². The summed E-state index contributed by atoms with van der Waals surface area (Å²) < 4.78 is 4.59. The highest BCUT2D eigenvalue weighted by Gasteiger charge is 1.99. The fraction of sp³-hybridized carbons (Fsp3) is 0.533. The van der Waals surface area contributed by atoms with Gasteiger partial charge in [0.05, 0.1) is 7.11 Å². The van der Waals surface area contributed by atoms with E-state index in [1.807, 2.05) is 12.1 Å². The molecular formula is C15H22O3. The number of aromatic hydroxyl groups is 1. The van der Waals surface area contributed by atoms with Crippen LogP contribution in [0.15, 0.2) is 24.3 Å². The van der Waals surface area contributed by atoms with Crippen molar-refractivity contribution in [3.63, 3.8) is 0 Å². The van der Waals surface area contributed by atoms with Gasteiger partial charge < -0.3 is 9.84 Å². The summed E-state index contributed by atoms with van der Waals surface area (Å²) in [7, 11) is 1.43. The highest BCUT2D eigenvalue weighted by molar-refractivity contribution is 5.68. The van der Waals surface area contributed by atoms with Crippen molar-refractivity contribution < 1.29 is 14.6 Å². The predicted molar refractivity (Wildman–Crippen MR) is 71.5 cm³/mol. The Kier molecular flexibility index (Phi) is 6.92.